The fourth-order valence-corrected chi connectivity index (χ4v) is 6.92. The third-order valence-corrected chi connectivity index (χ3v) is 8.83. The van der Waals surface area contributed by atoms with E-state index in [1.807, 2.05) is 36.4 Å². The largest absolute Gasteiger partial charge is 0.456 e. The summed E-state index contributed by atoms with van der Waals surface area (Å²) >= 11 is 0. The third kappa shape index (κ3) is 2.92. The monoisotopic (exact) mass is 535 g/mol. The average molecular weight is 536 g/mol. The first kappa shape index (κ1) is 22.1. The Morgan fingerprint density at radius 1 is 0.429 bits per heavy atom. The van der Waals surface area contributed by atoms with Crippen molar-refractivity contribution in [1.29, 1.82) is 0 Å². The summed E-state index contributed by atoms with van der Waals surface area (Å²) in [6, 6.07) is 44.8. The summed E-state index contributed by atoms with van der Waals surface area (Å²) in [5, 5.41) is 7.07. The van der Waals surface area contributed by atoms with Crippen LogP contribution in [0.5, 0.6) is 0 Å². The maximum Gasteiger partial charge on any atom is 0.227 e. The smallest absolute Gasteiger partial charge is 0.227 e. The standard InChI is InChI=1S/C39H21NO2/c1-2-7-22(8-3-1)39-40-33-18-15-25-19-23(13-16-26(25)38(33)42-39)24-14-17-30-34(20-24)41-35-21-32-28-10-5-4-9-27(28)29-11-6-12-31(36(29)32)37(30)35/h1-21H. The molecule has 0 saturated carbocycles. The van der Waals surface area contributed by atoms with E-state index in [4.69, 9.17) is 13.8 Å². The number of hydrogen-bond donors (Lipinski definition) is 0. The van der Waals surface area contributed by atoms with E-state index >= 15 is 0 Å². The molecule has 2 heterocycles. The van der Waals surface area contributed by atoms with E-state index in [2.05, 4.69) is 91.0 Å². The van der Waals surface area contributed by atoms with E-state index in [1.54, 1.807) is 0 Å². The molecular weight excluding hydrogens is 514 g/mol. The fourth-order valence-electron chi connectivity index (χ4n) is 6.92. The Kier molecular flexibility index (Phi) is 4.18. The summed E-state index contributed by atoms with van der Waals surface area (Å²) in [6.07, 6.45) is 0. The van der Waals surface area contributed by atoms with Gasteiger partial charge in [-0.05, 0) is 98.1 Å². The summed E-state index contributed by atoms with van der Waals surface area (Å²) in [5.74, 6) is 0.642. The van der Waals surface area contributed by atoms with Crippen molar-refractivity contribution in [1.82, 2.24) is 4.98 Å². The molecule has 3 nitrogen and oxygen atoms in total. The molecule has 7 aromatic carbocycles. The number of nitrogens with zero attached hydrogens (tertiary/aromatic N) is 1. The molecule has 0 atom stereocenters. The van der Waals surface area contributed by atoms with Crippen LogP contribution in [0.4, 0.5) is 0 Å². The molecule has 2 aromatic heterocycles. The Morgan fingerprint density at radius 2 is 1.19 bits per heavy atom. The summed E-state index contributed by atoms with van der Waals surface area (Å²) in [5.41, 5.74) is 11.9. The molecule has 0 spiro atoms. The summed E-state index contributed by atoms with van der Waals surface area (Å²) in [7, 11) is 0. The summed E-state index contributed by atoms with van der Waals surface area (Å²) in [4.78, 5) is 4.74. The van der Waals surface area contributed by atoms with Crippen molar-refractivity contribution in [3.8, 4) is 44.8 Å². The van der Waals surface area contributed by atoms with Gasteiger partial charge in [-0.3, -0.25) is 0 Å². The van der Waals surface area contributed by atoms with Crippen LogP contribution in [0.25, 0.3) is 99.4 Å². The van der Waals surface area contributed by atoms with Gasteiger partial charge in [0.15, 0.2) is 5.58 Å². The van der Waals surface area contributed by atoms with Gasteiger partial charge in [-0.15, -0.1) is 0 Å². The molecule has 0 amide bonds. The van der Waals surface area contributed by atoms with Crippen molar-refractivity contribution in [2.75, 3.05) is 0 Å². The first-order chi connectivity index (χ1) is 20.8. The van der Waals surface area contributed by atoms with Crippen LogP contribution in [-0.4, -0.2) is 4.98 Å². The Labute approximate surface area is 240 Å². The van der Waals surface area contributed by atoms with Crippen molar-refractivity contribution in [3.05, 3.63) is 127 Å². The lowest BCUT2D eigenvalue weighted by Crippen LogP contribution is -1.81. The molecular formula is C39H21NO2. The topological polar surface area (TPSA) is 39.2 Å². The van der Waals surface area contributed by atoms with Crippen LogP contribution < -0.4 is 0 Å². The lowest BCUT2D eigenvalue weighted by atomic mass is 9.97. The van der Waals surface area contributed by atoms with E-state index in [0.29, 0.717) is 5.89 Å². The molecule has 0 fully saturated rings. The van der Waals surface area contributed by atoms with E-state index in [1.165, 1.54) is 38.4 Å². The van der Waals surface area contributed by atoms with E-state index in [-0.39, 0.29) is 0 Å². The first-order valence-corrected chi connectivity index (χ1v) is 14.2. The molecule has 42 heavy (non-hydrogen) atoms. The molecule has 9 aromatic rings. The maximum atomic E-state index is 6.57. The minimum atomic E-state index is 0.642. The molecule has 0 unspecified atom stereocenters. The SMILES string of the molecule is c1ccc(-c2nc3ccc4cc(-c5ccc6c(c5)oc5cc7c8c(cccc8c56)-c5ccccc5-7)ccc4c3o2)cc1. The van der Waals surface area contributed by atoms with E-state index in [0.717, 1.165) is 55.1 Å². The Balaban J connectivity index is 1.12. The zero-order valence-electron chi connectivity index (χ0n) is 22.4. The first-order valence-electron chi connectivity index (χ1n) is 14.2. The van der Waals surface area contributed by atoms with E-state index < -0.39 is 0 Å². The molecule has 0 saturated heterocycles. The van der Waals surface area contributed by atoms with Gasteiger partial charge in [-0.25, -0.2) is 4.98 Å². The number of furan rings is 1. The highest BCUT2D eigenvalue weighted by molar-refractivity contribution is 6.28. The second kappa shape index (κ2) is 7.96. The maximum absolute atomic E-state index is 6.57. The molecule has 194 valence electrons. The van der Waals surface area contributed by atoms with Gasteiger partial charge in [-0.1, -0.05) is 78.9 Å². The van der Waals surface area contributed by atoms with Gasteiger partial charge in [0.1, 0.15) is 16.7 Å². The number of oxazole rings is 1. The summed E-state index contributed by atoms with van der Waals surface area (Å²) < 4.78 is 12.8. The van der Waals surface area contributed by atoms with Crippen LogP contribution in [0, 0.1) is 0 Å². The quantitative estimate of drug-likeness (QED) is 0.221. The lowest BCUT2D eigenvalue weighted by Gasteiger charge is -2.05. The number of rotatable bonds is 2. The zero-order valence-corrected chi connectivity index (χ0v) is 22.4. The van der Waals surface area contributed by atoms with Crippen LogP contribution in [0.15, 0.2) is 136 Å². The molecule has 0 radical (unpaired) electrons. The highest BCUT2D eigenvalue weighted by atomic mass is 16.3. The molecule has 1 aliphatic rings. The van der Waals surface area contributed by atoms with Crippen LogP contribution in [0.3, 0.4) is 0 Å². The minimum absolute atomic E-state index is 0.642. The van der Waals surface area contributed by atoms with Crippen LogP contribution in [-0.2, 0) is 0 Å². The van der Waals surface area contributed by atoms with Gasteiger partial charge in [0.05, 0.1) is 0 Å². The number of aromatic nitrogens is 1. The lowest BCUT2D eigenvalue weighted by molar-refractivity contribution is 0.623. The average Bonchev–Trinajstić information content (AvgIpc) is 3.74. The van der Waals surface area contributed by atoms with Crippen LogP contribution >= 0.6 is 0 Å². The number of fused-ring (bicyclic) bond motifs is 10. The van der Waals surface area contributed by atoms with Crippen LogP contribution in [0.1, 0.15) is 0 Å². The second-order valence-electron chi connectivity index (χ2n) is 11.1. The predicted molar refractivity (Wildman–Crippen MR) is 172 cm³/mol. The molecule has 0 bridgehead atoms. The predicted octanol–water partition coefficient (Wildman–Crippen LogP) is 11.0. The normalized spacial score (nSPS) is 12.3. The Bertz CT molecular complexity index is 2570. The highest BCUT2D eigenvalue weighted by Crippen LogP contribution is 2.50. The van der Waals surface area contributed by atoms with Gasteiger partial charge < -0.3 is 8.83 Å². The van der Waals surface area contributed by atoms with Gasteiger partial charge >= 0.3 is 0 Å². The fraction of sp³-hybridized carbons (Fsp3) is 0. The number of hydrogen-bond acceptors (Lipinski definition) is 3. The molecule has 10 rings (SSSR count). The zero-order chi connectivity index (χ0) is 27.4. The van der Waals surface area contributed by atoms with Crippen molar-refractivity contribution in [3.63, 3.8) is 0 Å². The molecule has 1 aliphatic carbocycles. The van der Waals surface area contributed by atoms with Crippen molar-refractivity contribution < 1.29 is 8.83 Å². The third-order valence-electron chi connectivity index (χ3n) is 8.83. The Morgan fingerprint density at radius 3 is 2.07 bits per heavy atom. The molecule has 3 heteroatoms. The van der Waals surface area contributed by atoms with Crippen LogP contribution in [0.2, 0.25) is 0 Å². The van der Waals surface area contributed by atoms with E-state index in [9.17, 15) is 0 Å². The number of benzene rings is 7. The van der Waals surface area contributed by atoms with Gasteiger partial charge in [0, 0.05) is 21.7 Å². The van der Waals surface area contributed by atoms with Gasteiger partial charge in [0.2, 0.25) is 5.89 Å². The minimum Gasteiger partial charge on any atom is -0.456 e. The molecule has 0 aliphatic heterocycles. The Hall–Kier alpha value is -5.67. The van der Waals surface area contributed by atoms with Gasteiger partial charge in [0.25, 0.3) is 0 Å². The van der Waals surface area contributed by atoms with Gasteiger partial charge in [-0.2, -0.15) is 0 Å². The molecule has 0 N–H and O–H groups in total. The van der Waals surface area contributed by atoms with Crippen molar-refractivity contribution >= 4 is 54.6 Å². The van der Waals surface area contributed by atoms with Crippen molar-refractivity contribution in [2.24, 2.45) is 0 Å². The van der Waals surface area contributed by atoms with Crippen molar-refractivity contribution in [2.45, 2.75) is 0 Å². The highest BCUT2D eigenvalue weighted by Gasteiger charge is 2.24. The summed E-state index contributed by atoms with van der Waals surface area (Å²) in [6.45, 7) is 0. The second-order valence-corrected chi connectivity index (χ2v) is 11.1.